The smallest absolute Gasteiger partial charge is 0.319 e. The Morgan fingerprint density at radius 2 is 2.27 bits per heavy atom. The van der Waals surface area contributed by atoms with E-state index >= 15 is 0 Å². The quantitative estimate of drug-likeness (QED) is 0.835. The molecule has 1 aromatic carbocycles. The van der Waals surface area contributed by atoms with Crippen LogP contribution < -0.4 is 15.4 Å². The number of urea groups is 1. The van der Waals surface area contributed by atoms with Gasteiger partial charge in [0.15, 0.2) is 5.75 Å². The van der Waals surface area contributed by atoms with Crippen molar-refractivity contribution in [2.75, 3.05) is 19.0 Å². The number of methoxy groups -OCH3 is 1. The van der Waals surface area contributed by atoms with Crippen molar-refractivity contribution in [2.24, 2.45) is 0 Å². The van der Waals surface area contributed by atoms with Crippen molar-refractivity contribution in [2.45, 2.75) is 6.92 Å². The minimum absolute atomic E-state index is 0.280. The highest BCUT2D eigenvalue weighted by Crippen LogP contribution is 2.32. The highest BCUT2D eigenvalue weighted by atomic mass is 35.5. The van der Waals surface area contributed by atoms with E-state index in [4.69, 9.17) is 16.3 Å². The Labute approximate surface area is 93.6 Å². The number of nitrogens with one attached hydrogen (secondary N) is 2. The molecule has 0 aliphatic heterocycles. The fourth-order valence-corrected chi connectivity index (χ4v) is 1.39. The molecule has 5 heteroatoms. The lowest BCUT2D eigenvalue weighted by Gasteiger charge is -2.11. The summed E-state index contributed by atoms with van der Waals surface area (Å²) in [5.41, 5.74) is 0.552. The minimum atomic E-state index is -0.280. The third-order valence-electron chi connectivity index (χ3n) is 1.76. The van der Waals surface area contributed by atoms with Gasteiger partial charge in [0.1, 0.15) is 0 Å². The fraction of sp³-hybridized carbons (Fsp3) is 0.300. The number of anilines is 1. The van der Waals surface area contributed by atoms with E-state index in [0.717, 1.165) is 0 Å². The first-order chi connectivity index (χ1) is 7.19. The van der Waals surface area contributed by atoms with Crippen molar-refractivity contribution in [1.29, 1.82) is 0 Å². The predicted molar refractivity (Wildman–Crippen MR) is 60.7 cm³/mol. The topological polar surface area (TPSA) is 50.4 Å². The van der Waals surface area contributed by atoms with Crippen molar-refractivity contribution >= 4 is 23.3 Å². The first-order valence-electron chi connectivity index (χ1n) is 4.56. The molecule has 0 radical (unpaired) electrons. The molecule has 0 saturated carbocycles. The molecule has 0 spiro atoms. The number of rotatable bonds is 3. The van der Waals surface area contributed by atoms with Gasteiger partial charge in [-0.2, -0.15) is 0 Å². The maximum atomic E-state index is 11.3. The summed E-state index contributed by atoms with van der Waals surface area (Å²) in [6.07, 6.45) is 0. The molecular formula is C10H13ClN2O2. The van der Waals surface area contributed by atoms with Crippen LogP contribution in [0.25, 0.3) is 0 Å². The lowest BCUT2D eigenvalue weighted by molar-refractivity contribution is 0.252. The third-order valence-corrected chi connectivity index (χ3v) is 2.05. The predicted octanol–water partition coefficient (Wildman–Crippen LogP) is 2.49. The van der Waals surface area contributed by atoms with E-state index in [1.807, 2.05) is 6.92 Å². The Hall–Kier alpha value is -1.42. The lowest BCUT2D eigenvalue weighted by Crippen LogP contribution is -2.28. The summed E-state index contributed by atoms with van der Waals surface area (Å²) in [7, 11) is 1.50. The Bertz CT molecular complexity index is 355. The molecule has 0 unspecified atom stereocenters. The molecule has 0 bridgehead atoms. The second kappa shape index (κ2) is 5.46. The van der Waals surface area contributed by atoms with E-state index in [0.29, 0.717) is 23.0 Å². The SMILES string of the molecule is CCNC(=O)Nc1cccc(Cl)c1OC. The highest BCUT2D eigenvalue weighted by Gasteiger charge is 2.09. The first kappa shape index (κ1) is 11.7. The number of hydrogen-bond acceptors (Lipinski definition) is 2. The van der Waals surface area contributed by atoms with Gasteiger partial charge < -0.3 is 15.4 Å². The van der Waals surface area contributed by atoms with Crippen LogP contribution in [0.2, 0.25) is 5.02 Å². The zero-order chi connectivity index (χ0) is 11.3. The summed E-state index contributed by atoms with van der Waals surface area (Å²) < 4.78 is 5.08. The van der Waals surface area contributed by atoms with E-state index in [9.17, 15) is 4.79 Å². The molecule has 2 N–H and O–H groups in total. The van der Waals surface area contributed by atoms with Crippen LogP contribution in [0.15, 0.2) is 18.2 Å². The molecule has 0 atom stereocenters. The standard InChI is InChI=1S/C10H13ClN2O2/c1-3-12-10(14)13-8-6-4-5-7(11)9(8)15-2/h4-6H,3H2,1-2H3,(H2,12,13,14). The van der Waals surface area contributed by atoms with Crippen molar-refractivity contribution in [3.8, 4) is 5.75 Å². The van der Waals surface area contributed by atoms with E-state index < -0.39 is 0 Å². The van der Waals surface area contributed by atoms with Crippen LogP contribution in [0, 0.1) is 0 Å². The lowest BCUT2D eigenvalue weighted by atomic mass is 10.3. The van der Waals surface area contributed by atoms with Crippen molar-refractivity contribution < 1.29 is 9.53 Å². The van der Waals surface area contributed by atoms with Gasteiger partial charge in [-0.3, -0.25) is 0 Å². The second-order valence-electron chi connectivity index (χ2n) is 2.81. The van der Waals surface area contributed by atoms with Crippen LogP contribution >= 0.6 is 11.6 Å². The summed E-state index contributed by atoms with van der Waals surface area (Å²) in [4.78, 5) is 11.3. The monoisotopic (exact) mass is 228 g/mol. The largest absolute Gasteiger partial charge is 0.493 e. The first-order valence-corrected chi connectivity index (χ1v) is 4.94. The zero-order valence-corrected chi connectivity index (χ0v) is 9.39. The highest BCUT2D eigenvalue weighted by molar-refractivity contribution is 6.32. The molecule has 2 amide bonds. The Morgan fingerprint density at radius 3 is 2.87 bits per heavy atom. The average molecular weight is 229 g/mol. The number of benzene rings is 1. The molecule has 1 aromatic rings. The average Bonchev–Trinajstić information content (AvgIpc) is 2.18. The zero-order valence-electron chi connectivity index (χ0n) is 8.63. The van der Waals surface area contributed by atoms with Crippen LogP contribution in [0.1, 0.15) is 6.92 Å². The summed E-state index contributed by atoms with van der Waals surface area (Å²) in [6, 6.07) is 4.88. The number of amides is 2. The Morgan fingerprint density at radius 1 is 1.53 bits per heavy atom. The van der Waals surface area contributed by atoms with E-state index in [1.165, 1.54) is 7.11 Å². The number of ether oxygens (including phenoxy) is 1. The van der Waals surface area contributed by atoms with Crippen LogP contribution in [0.5, 0.6) is 5.75 Å². The Balaban J connectivity index is 2.84. The molecular weight excluding hydrogens is 216 g/mol. The van der Waals surface area contributed by atoms with Gasteiger partial charge in [-0.05, 0) is 19.1 Å². The van der Waals surface area contributed by atoms with Gasteiger partial charge in [0.05, 0.1) is 17.8 Å². The second-order valence-corrected chi connectivity index (χ2v) is 3.21. The molecule has 0 aromatic heterocycles. The number of para-hydroxylation sites is 1. The molecule has 1 rings (SSSR count). The molecule has 0 aliphatic rings. The van der Waals surface area contributed by atoms with Crippen molar-refractivity contribution in [3.05, 3.63) is 23.2 Å². The number of hydrogen-bond donors (Lipinski definition) is 2. The van der Waals surface area contributed by atoms with Gasteiger partial charge in [-0.15, -0.1) is 0 Å². The summed E-state index contributed by atoms with van der Waals surface area (Å²) in [5, 5.41) is 5.72. The molecule has 0 fully saturated rings. The van der Waals surface area contributed by atoms with E-state index in [-0.39, 0.29) is 6.03 Å². The molecule has 0 aliphatic carbocycles. The maximum absolute atomic E-state index is 11.3. The number of halogens is 1. The van der Waals surface area contributed by atoms with Crippen LogP contribution in [-0.2, 0) is 0 Å². The summed E-state index contributed by atoms with van der Waals surface area (Å²) >= 11 is 5.89. The van der Waals surface area contributed by atoms with Crippen LogP contribution in [0.3, 0.4) is 0 Å². The molecule has 0 saturated heterocycles. The maximum Gasteiger partial charge on any atom is 0.319 e. The van der Waals surface area contributed by atoms with E-state index in [2.05, 4.69) is 10.6 Å². The van der Waals surface area contributed by atoms with Crippen LogP contribution in [0.4, 0.5) is 10.5 Å². The fourth-order valence-electron chi connectivity index (χ4n) is 1.14. The summed E-state index contributed by atoms with van der Waals surface area (Å²) in [5.74, 6) is 0.463. The van der Waals surface area contributed by atoms with Gasteiger partial charge in [0.25, 0.3) is 0 Å². The Kier molecular flexibility index (Phi) is 4.24. The van der Waals surface area contributed by atoms with Gasteiger partial charge in [0, 0.05) is 6.54 Å². The van der Waals surface area contributed by atoms with Gasteiger partial charge in [-0.1, -0.05) is 17.7 Å². The van der Waals surface area contributed by atoms with E-state index in [1.54, 1.807) is 18.2 Å². The van der Waals surface area contributed by atoms with Gasteiger partial charge in [0.2, 0.25) is 0 Å². The third kappa shape index (κ3) is 3.02. The minimum Gasteiger partial charge on any atom is -0.493 e. The molecule has 0 heterocycles. The van der Waals surface area contributed by atoms with Gasteiger partial charge in [-0.25, -0.2) is 4.79 Å². The molecule has 82 valence electrons. The van der Waals surface area contributed by atoms with Crippen molar-refractivity contribution in [1.82, 2.24) is 5.32 Å². The van der Waals surface area contributed by atoms with Crippen molar-refractivity contribution in [3.63, 3.8) is 0 Å². The number of carbonyl (C=O) groups excluding carboxylic acids is 1. The van der Waals surface area contributed by atoms with Crippen LogP contribution in [-0.4, -0.2) is 19.7 Å². The summed E-state index contributed by atoms with van der Waals surface area (Å²) in [6.45, 7) is 2.41. The molecule has 4 nitrogen and oxygen atoms in total. The van der Waals surface area contributed by atoms with Gasteiger partial charge >= 0.3 is 6.03 Å². The number of carbonyl (C=O) groups is 1. The normalized spacial score (nSPS) is 9.53. The molecule has 15 heavy (non-hydrogen) atoms.